The van der Waals surface area contributed by atoms with Crippen molar-refractivity contribution < 1.29 is 18.9 Å². The Labute approximate surface area is 170 Å². The molecule has 1 aliphatic heterocycles. The van der Waals surface area contributed by atoms with E-state index in [1.165, 1.54) is 0 Å². The molecule has 0 saturated heterocycles. The summed E-state index contributed by atoms with van der Waals surface area (Å²) in [5, 5.41) is 0. The molecule has 0 aromatic heterocycles. The van der Waals surface area contributed by atoms with E-state index in [2.05, 4.69) is 11.8 Å². The highest BCUT2D eigenvalue weighted by Gasteiger charge is 2.22. The second-order valence-corrected chi connectivity index (χ2v) is 6.35. The van der Waals surface area contributed by atoms with E-state index in [0.717, 1.165) is 39.3 Å². The van der Waals surface area contributed by atoms with Gasteiger partial charge < -0.3 is 18.9 Å². The summed E-state index contributed by atoms with van der Waals surface area (Å²) in [5.74, 6) is 8.07. The maximum absolute atomic E-state index is 5.59. The third-order valence-corrected chi connectivity index (χ3v) is 4.62. The van der Waals surface area contributed by atoms with Gasteiger partial charge in [0.1, 0.15) is 24.0 Å². The van der Waals surface area contributed by atoms with Gasteiger partial charge in [-0.1, -0.05) is 36.1 Å². The molecule has 1 aliphatic rings. The lowest BCUT2D eigenvalue weighted by Crippen LogP contribution is -2.02. The predicted molar refractivity (Wildman–Crippen MR) is 111 cm³/mol. The molecule has 0 saturated carbocycles. The van der Waals surface area contributed by atoms with Gasteiger partial charge in [0.2, 0.25) is 0 Å². The minimum absolute atomic E-state index is 0.511. The highest BCUT2D eigenvalue weighted by Crippen LogP contribution is 2.37. The molecular formula is C25H20O4. The zero-order chi connectivity index (χ0) is 20.1. The van der Waals surface area contributed by atoms with Crippen molar-refractivity contribution in [3.8, 4) is 34.5 Å². The van der Waals surface area contributed by atoms with Crippen LogP contribution < -0.4 is 9.47 Å². The van der Waals surface area contributed by atoms with Crippen LogP contribution in [0.4, 0.5) is 0 Å². The van der Waals surface area contributed by atoms with E-state index in [9.17, 15) is 0 Å². The van der Waals surface area contributed by atoms with E-state index < -0.39 is 6.29 Å². The van der Waals surface area contributed by atoms with Gasteiger partial charge in [0.05, 0.1) is 14.2 Å². The zero-order valence-corrected chi connectivity index (χ0v) is 16.2. The Morgan fingerprint density at radius 2 is 1.41 bits per heavy atom. The van der Waals surface area contributed by atoms with Crippen LogP contribution in [0, 0.1) is 11.8 Å². The fraction of sp³-hybridized carbons (Fsp3) is 0.120. The molecule has 0 radical (unpaired) electrons. The molecule has 4 nitrogen and oxygen atoms in total. The first-order valence-electron chi connectivity index (χ1n) is 9.18. The van der Waals surface area contributed by atoms with Gasteiger partial charge in [-0.25, -0.2) is 0 Å². The third-order valence-electron chi connectivity index (χ3n) is 4.62. The first-order valence-corrected chi connectivity index (χ1v) is 9.18. The normalized spacial score (nSPS) is 12.5. The smallest absolute Gasteiger partial charge is 0.267 e. The van der Waals surface area contributed by atoms with Crippen molar-refractivity contribution in [3.05, 3.63) is 95.9 Å². The summed E-state index contributed by atoms with van der Waals surface area (Å²) in [7, 11) is 3.29. The molecule has 0 aliphatic carbocycles. The molecule has 0 spiro atoms. The molecular weight excluding hydrogens is 364 g/mol. The van der Waals surface area contributed by atoms with Gasteiger partial charge in [0.25, 0.3) is 6.29 Å². The van der Waals surface area contributed by atoms with E-state index in [1.54, 1.807) is 26.7 Å². The van der Waals surface area contributed by atoms with Gasteiger partial charge in [-0.3, -0.25) is 0 Å². The van der Waals surface area contributed by atoms with Crippen LogP contribution in [-0.4, -0.2) is 14.2 Å². The first kappa shape index (κ1) is 18.5. The Bertz CT molecular complexity index is 1080. The topological polar surface area (TPSA) is 36.9 Å². The quantitative estimate of drug-likeness (QED) is 0.573. The molecule has 29 heavy (non-hydrogen) atoms. The van der Waals surface area contributed by atoms with Gasteiger partial charge in [0.15, 0.2) is 0 Å². The van der Waals surface area contributed by atoms with Crippen LogP contribution in [0.15, 0.2) is 79.3 Å². The lowest BCUT2D eigenvalue weighted by molar-refractivity contribution is -0.0242. The zero-order valence-electron chi connectivity index (χ0n) is 16.2. The standard InChI is InChI=1S/C25H20O4/c1-26-20-11-8-18(9-12-20)7-10-19-5-3-4-6-22(19)23-14-13-21(27-2)17-24(23)25-28-15-16-29-25/h3-6,8-9,11-17,25H,1-2H3. The van der Waals surface area contributed by atoms with Crippen molar-refractivity contribution in [3.63, 3.8) is 0 Å². The summed E-state index contributed by atoms with van der Waals surface area (Å²) in [5.41, 5.74) is 4.71. The molecule has 1 heterocycles. The lowest BCUT2D eigenvalue weighted by atomic mass is 9.94. The minimum Gasteiger partial charge on any atom is -0.497 e. The van der Waals surface area contributed by atoms with Crippen molar-refractivity contribution >= 4 is 0 Å². The van der Waals surface area contributed by atoms with Crippen LogP contribution >= 0.6 is 0 Å². The summed E-state index contributed by atoms with van der Waals surface area (Å²) < 4.78 is 21.8. The second kappa shape index (κ2) is 8.45. The highest BCUT2D eigenvalue weighted by molar-refractivity contribution is 5.75. The number of ether oxygens (including phenoxy) is 4. The minimum atomic E-state index is -0.511. The summed E-state index contributed by atoms with van der Waals surface area (Å²) in [6, 6.07) is 21.6. The fourth-order valence-electron chi connectivity index (χ4n) is 3.13. The van der Waals surface area contributed by atoms with Crippen LogP contribution in [0.1, 0.15) is 23.0 Å². The number of rotatable bonds is 4. The van der Waals surface area contributed by atoms with E-state index in [-0.39, 0.29) is 0 Å². The summed E-state index contributed by atoms with van der Waals surface area (Å²) in [6.45, 7) is 0. The van der Waals surface area contributed by atoms with Crippen LogP contribution in [0.5, 0.6) is 11.5 Å². The number of hydrogen-bond donors (Lipinski definition) is 0. The summed E-state index contributed by atoms with van der Waals surface area (Å²) >= 11 is 0. The molecule has 0 amide bonds. The Morgan fingerprint density at radius 3 is 2.14 bits per heavy atom. The third kappa shape index (κ3) is 4.04. The Balaban J connectivity index is 1.74. The van der Waals surface area contributed by atoms with Crippen LogP contribution in [0.3, 0.4) is 0 Å². The van der Waals surface area contributed by atoms with Crippen molar-refractivity contribution in [2.45, 2.75) is 6.29 Å². The van der Waals surface area contributed by atoms with Gasteiger partial charge in [-0.2, -0.15) is 0 Å². The molecule has 4 rings (SSSR count). The van der Waals surface area contributed by atoms with E-state index in [1.807, 2.05) is 66.7 Å². The molecule has 4 heteroatoms. The maximum atomic E-state index is 5.59. The van der Waals surface area contributed by atoms with Crippen LogP contribution in [0.25, 0.3) is 11.1 Å². The van der Waals surface area contributed by atoms with Crippen molar-refractivity contribution in [2.24, 2.45) is 0 Å². The molecule has 0 bridgehead atoms. The average Bonchev–Trinajstić information content (AvgIpc) is 3.33. The number of methoxy groups -OCH3 is 2. The number of hydrogen-bond acceptors (Lipinski definition) is 4. The van der Waals surface area contributed by atoms with Crippen molar-refractivity contribution in [1.82, 2.24) is 0 Å². The van der Waals surface area contributed by atoms with Gasteiger partial charge in [0, 0.05) is 16.7 Å². The lowest BCUT2D eigenvalue weighted by Gasteiger charge is -2.17. The molecule has 3 aromatic rings. The summed E-state index contributed by atoms with van der Waals surface area (Å²) in [6.07, 6.45) is 2.58. The highest BCUT2D eigenvalue weighted by atomic mass is 16.7. The van der Waals surface area contributed by atoms with Crippen LogP contribution in [-0.2, 0) is 9.47 Å². The van der Waals surface area contributed by atoms with Crippen molar-refractivity contribution in [1.29, 1.82) is 0 Å². The Hall–Kier alpha value is -3.84. The molecule has 144 valence electrons. The predicted octanol–water partition coefficient (Wildman–Crippen LogP) is 5.29. The maximum Gasteiger partial charge on any atom is 0.267 e. The van der Waals surface area contributed by atoms with Crippen molar-refractivity contribution in [2.75, 3.05) is 14.2 Å². The van der Waals surface area contributed by atoms with Gasteiger partial charge >= 0.3 is 0 Å². The van der Waals surface area contributed by atoms with E-state index in [0.29, 0.717) is 0 Å². The largest absolute Gasteiger partial charge is 0.497 e. The number of benzene rings is 3. The monoisotopic (exact) mass is 384 g/mol. The molecule has 0 fully saturated rings. The average molecular weight is 384 g/mol. The fourth-order valence-corrected chi connectivity index (χ4v) is 3.13. The van der Waals surface area contributed by atoms with Crippen LogP contribution in [0.2, 0.25) is 0 Å². The summed E-state index contributed by atoms with van der Waals surface area (Å²) in [4.78, 5) is 0. The molecule has 0 N–H and O–H groups in total. The van der Waals surface area contributed by atoms with Gasteiger partial charge in [-0.05, 0) is 53.6 Å². The Kier molecular flexibility index (Phi) is 5.40. The first-order chi connectivity index (χ1) is 14.3. The molecule has 0 atom stereocenters. The van der Waals surface area contributed by atoms with Gasteiger partial charge in [-0.15, -0.1) is 0 Å². The SMILES string of the molecule is COc1ccc(C#Cc2ccccc2-c2ccc(OC)cc2C2OC=CO2)cc1. The molecule has 0 unspecified atom stereocenters. The second-order valence-electron chi connectivity index (χ2n) is 6.35. The Morgan fingerprint density at radius 1 is 0.724 bits per heavy atom. The van der Waals surface area contributed by atoms with E-state index >= 15 is 0 Å². The van der Waals surface area contributed by atoms with E-state index in [4.69, 9.17) is 18.9 Å². The molecule has 3 aromatic carbocycles.